The number of nitrogens with one attached hydrogen (secondary N) is 2. The standard InChI is InChI=1S/C28H22Cl2N2O5/c1-36-27(34)24-16-22(32-28(35)31-21-10-13-23(33)14-11-21)12-15-25(24)37-26(17-2-6-19(29)7-3-17)18-4-8-20(30)9-5-18/h2-16,26,33H,1H3,(H2,31,32,35). The summed E-state index contributed by atoms with van der Waals surface area (Å²) in [6.45, 7) is 0. The number of ether oxygens (including phenoxy) is 2. The first-order chi connectivity index (χ1) is 17.8. The maximum atomic E-state index is 12.6. The minimum Gasteiger partial charge on any atom is -0.508 e. The Hall–Kier alpha value is -4.20. The highest BCUT2D eigenvalue weighted by molar-refractivity contribution is 6.30. The van der Waals surface area contributed by atoms with Crippen molar-refractivity contribution in [3.63, 3.8) is 0 Å². The summed E-state index contributed by atoms with van der Waals surface area (Å²) in [4.78, 5) is 25.1. The van der Waals surface area contributed by atoms with Gasteiger partial charge in [-0.15, -0.1) is 0 Å². The molecule has 9 heteroatoms. The van der Waals surface area contributed by atoms with E-state index < -0.39 is 18.1 Å². The van der Waals surface area contributed by atoms with E-state index in [1.165, 1.54) is 25.3 Å². The number of phenolic OH excluding ortho intramolecular Hbond substituents is 1. The van der Waals surface area contributed by atoms with Gasteiger partial charge in [-0.25, -0.2) is 9.59 Å². The number of urea groups is 1. The number of benzene rings is 4. The smallest absolute Gasteiger partial charge is 0.341 e. The fourth-order valence-corrected chi connectivity index (χ4v) is 3.80. The Morgan fingerprint density at radius 1 is 0.757 bits per heavy atom. The van der Waals surface area contributed by atoms with Gasteiger partial charge in [0, 0.05) is 21.4 Å². The molecule has 4 aromatic carbocycles. The van der Waals surface area contributed by atoms with Crippen LogP contribution in [0.1, 0.15) is 27.6 Å². The molecule has 0 aromatic heterocycles. The van der Waals surface area contributed by atoms with Gasteiger partial charge in [0.25, 0.3) is 0 Å². The quantitative estimate of drug-likeness (QED) is 0.170. The Morgan fingerprint density at radius 2 is 1.27 bits per heavy atom. The Balaban J connectivity index is 1.62. The molecule has 0 aliphatic rings. The lowest BCUT2D eigenvalue weighted by Gasteiger charge is -2.22. The van der Waals surface area contributed by atoms with Gasteiger partial charge in [-0.05, 0) is 77.9 Å². The highest BCUT2D eigenvalue weighted by Crippen LogP contribution is 2.33. The molecule has 37 heavy (non-hydrogen) atoms. The van der Waals surface area contributed by atoms with Crippen LogP contribution in [0.25, 0.3) is 0 Å². The van der Waals surface area contributed by atoms with Crippen molar-refractivity contribution < 1.29 is 24.2 Å². The number of carbonyl (C=O) groups is 2. The second-order valence-corrected chi connectivity index (χ2v) is 8.80. The third kappa shape index (κ3) is 6.73. The second-order valence-electron chi connectivity index (χ2n) is 7.93. The summed E-state index contributed by atoms with van der Waals surface area (Å²) >= 11 is 12.2. The van der Waals surface area contributed by atoms with E-state index in [0.29, 0.717) is 21.4 Å². The van der Waals surface area contributed by atoms with Crippen molar-refractivity contribution in [3.8, 4) is 11.5 Å². The zero-order chi connectivity index (χ0) is 26.4. The molecule has 0 atom stereocenters. The van der Waals surface area contributed by atoms with Gasteiger partial charge in [0.05, 0.1) is 7.11 Å². The number of amides is 2. The number of halogens is 2. The Morgan fingerprint density at radius 3 is 1.81 bits per heavy atom. The van der Waals surface area contributed by atoms with Crippen LogP contribution < -0.4 is 15.4 Å². The third-order valence-corrected chi connectivity index (χ3v) is 5.86. The van der Waals surface area contributed by atoms with E-state index in [-0.39, 0.29) is 17.1 Å². The topological polar surface area (TPSA) is 96.9 Å². The monoisotopic (exact) mass is 536 g/mol. The van der Waals surface area contributed by atoms with Crippen molar-refractivity contribution in [2.24, 2.45) is 0 Å². The van der Waals surface area contributed by atoms with Gasteiger partial charge in [-0.2, -0.15) is 0 Å². The number of anilines is 2. The molecule has 3 N–H and O–H groups in total. The van der Waals surface area contributed by atoms with Crippen molar-refractivity contribution >= 4 is 46.6 Å². The predicted molar refractivity (Wildman–Crippen MR) is 144 cm³/mol. The number of esters is 1. The molecule has 0 aliphatic carbocycles. The molecule has 0 saturated carbocycles. The molecule has 0 heterocycles. The molecule has 0 fully saturated rings. The molecule has 0 unspecified atom stereocenters. The number of rotatable bonds is 7. The molecule has 2 amide bonds. The van der Waals surface area contributed by atoms with Crippen LogP contribution >= 0.6 is 23.2 Å². The lowest BCUT2D eigenvalue weighted by atomic mass is 10.0. The van der Waals surface area contributed by atoms with Crippen molar-refractivity contribution in [2.45, 2.75) is 6.10 Å². The highest BCUT2D eigenvalue weighted by atomic mass is 35.5. The van der Waals surface area contributed by atoms with E-state index in [1.54, 1.807) is 48.5 Å². The molecule has 4 aromatic rings. The van der Waals surface area contributed by atoms with Gasteiger partial charge >= 0.3 is 12.0 Å². The molecule has 7 nitrogen and oxygen atoms in total. The second kappa shape index (κ2) is 11.7. The molecule has 0 aliphatic heterocycles. The third-order valence-electron chi connectivity index (χ3n) is 5.36. The summed E-state index contributed by atoms with van der Waals surface area (Å²) in [5.74, 6) is -0.297. The average molecular weight is 537 g/mol. The summed E-state index contributed by atoms with van der Waals surface area (Å²) in [5.41, 5.74) is 2.56. The van der Waals surface area contributed by atoms with E-state index in [2.05, 4.69) is 10.6 Å². The fourth-order valence-electron chi connectivity index (χ4n) is 3.55. The van der Waals surface area contributed by atoms with Crippen LogP contribution in [-0.2, 0) is 4.74 Å². The van der Waals surface area contributed by atoms with Gasteiger partial charge in [0.1, 0.15) is 23.2 Å². The zero-order valence-corrected chi connectivity index (χ0v) is 21.1. The molecular weight excluding hydrogens is 515 g/mol. The van der Waals surface area contributed by atoms with E-state index in [4.69, 9.17) is 32.7 Å². The molecular formula is C28H22Cl2N2O5. The van der Waals surface area contributed by atoms with Crippen molar-refractivity contribution in [1.82, 2.24) is 0 Å². The van der Waals surface area contributed by atoms with Crippen molar-refractivity contribution in [2.75, 3.05) is 17.7 Å². The SMILES string of the molecule is COC(=O)c1cc(NC(=O)Nc2ccc(O)cc2)ccc1OC(c1ccc(Cl)cc1)c1ccc(Cl)cc1. The summed E-state index contributed by atoms with van der Waals surface area (Å²) in [6.07, 6.45) is -0.588. The van der Waals surface area contributed by atoms with Gasteiger partial charge in [-0.1, -0.05) is 47.5 Å². The lowest BCUT2D eigenvalue weighted by Crippen LogP contribution is -2.20. The van der Waals surface area contributed by atoms with Gasteiger partial charge in [0.2, 0.25) is 0 Å². The minimum atomic E-state index is -0.636. The summed E-state index contributed by atoms with van der Waals surface area (Å²) in [7, 11) is 1.26. The molecule has 188 valence electrons. The van der Waals surface area contributed by atoms with Gasteiger partial charge in [0.15, 0.2) is 0 Å². The zero-order valence-electron chi connectivity index (χ0n) is 19.6. The van der Waals surface area contributed by atoms with Crippen molar-refractivity contribution in [1.29, 1.82) is 0 Å². The first-order valence-electron chi connectivity index (χ1n) is 11.1. The van der Waals surface area contributed by atoms with E-state index in [1.807, 2.05) is 24.3 Å². The maximum Gasteiger partial charge on any atom is 0.341 e. The lowest BCUT2D eigenvalue weighted by molar-refractivity contribution is 0.0594. The molecule has 0 saturated heterocycles. The highest BCUT2D eigenvalue weighted by Gasteiger charge is 2.22. The number of aromatic hydroxyl groups is 1. The van der Waals surface area contributed by atoms with Crippen LogP contribution in [0.15, 0.2) is 91.0 Å². The molecule has 4 rings (SSSR count). The average Bonchev–Trinajstić information content (AvgIpc) is 2.90. The Kier molecular flexibility index (Phi) is 8.18. The van der Waals surface area contributed by atoms with Crippen LogP contribution in [-0.4, -0.2) is 24.2 Å². The fraction of sp³-hybridized carbons (Fsp3) is 0.0714. The maximum absolute atomic E-state index is 12.6. The van der Waals surface area contributed by atoms with Gasteiger partial charge in [-0.3, -0.25) is 0 Å². The van der Waals surface area contributed by atoms with Crippen LogP contribution in [0.3, 0.4) is 0 Å². The number of methoxy groups -OCH3 is 1. The first-order valence-corrected chi connectivity index (χ1v) is 11.8. The Bertz CT molecular complexity index is 1350. The summed E-state index contributed by atoms with van der Waals surface area (Å²) < 4.78 is 11.3. The predicted octanol–water partition coefficient (Wildman–Crippen LogP) is 7.30. The van der Waals surface area contributed by atoms with Crippen LogP contribution in [0.4, 0.5) is 16.2 Å². The molecule has 0 spiro atoms. The van der Waals surface area contributed by atoms with Crippen molar-refractivity contribution in [3.05, 3.63) is 118 Å². The summed E-state index contributed by atoms with van der Waals surface area (Å²) in [6, 6.07) is 24.5. The van der Waals surface area contributed by atoms with E-state index in [0.717, 1.165) is 11.1 Å². The van der Waals surface area contributed by atoms with Crippen LogP contribution in [0.5, 0.6) is 11.5 Å². The molecule has 0 bridgehead atoms. The largest absolute Gasteiger partial charge is 0.508 e. The number of hydrogen-bond donors (Lipinski definition) is 3. The van der Waals surface area contributed by atoms with E-state index in [9.17, 15) is 14.7 Å². The Labute approximate surface area is 223 Å². The first kappa shape index (κ1) is 25.9. The van der Waals surface area contributed by atoms with Gasteiger partial charge < -0.3 is 25.2 Å². The normalized spacial score (nSPS) is 10.6. The minimum absolute atomic E-state index is 0.0831. The molecule has 0 radical (unpaired) electrons. The number of phenols is 1. The van der Waals surface area contributed by atoms with E-state index >= 15 is 0 Å². The number of carbonyl (C=O) groups excluding carboxylic acids is 2. The summed E-state index contributed by atoms with van der Waals surface area (Å²) in [5, 5.41) is 15.9. The number of hydrogen-bond acceptors (Lipinski definition) is 5. The van der Waals surface area contributed by atoms with Crippen LogP contribution in [0, 0.1) is 0 Å². The van der Waals surface area contributed by atoms with Crippen LogP contribution in [0.2, 0.25) is 10.0 Å².